The molecule has 0 unspecified atom stereocenters. The Kier molecular flexibility index (Phi) is 3.56. The van der Waals surface area contributed by atoms with E-state index in [9.17, 15) is 18.0 Å². The summed E-state index contributed by atoms with van der Waals surface area (Å²) in [5.41, 5.74) is -0.503. The van der Waals surface area contributed by atoms with Crippen molar-refractivity contribution >= 4 is 5.91 Å². The SMILES string of the molecule is O=C(N[C@@H]1CCNC1)c1ccc(C(F)(F)F)cc1. The van der Waals surface area contributed by atoms with Crippen LogP contribution in [0.5, 0.6) is 0 Å². The van der Waals surface area contributed by atoms with Gasteiger partial charge in [-0.05, 0) is 37.2 Å². The summed E-state index contributed by atoms with van der Waals surface area (Å²) in [5.74, 6) is -0.336. The fraction of sp³-hybridized carbons (Fsp3) is 0.417. The molecule has 0 spiro atoms. The van der Waals surface area contributed by atoms with Crippen molar-refractivity contribution in [3.8, 4) is 0 Å². The van der Waals surface area contributed by atoms with E-state index in [0.717, 1.165) is 25.1 Å². The Labute approximate surface area is 102 Å². The molecule has 1 fully saturated rings. The summed E-state index contributed by atoms with van der Waals surface area (Å²) in [7, 11) is 0. The monoisotopic (exact) mass is 258 g/mol. The molecule has 0 aliphatic carbocycles. The van der Waals surface area contributed by atoms with Crippen LogP contribution in [-0.2, 0) is 6.18 Å². The highest BCUT2D eigenvalue weighted by atomic mass is 19.4. The zero-order chi connectivity index (χ0) is 13.2. The van der Waals surface area contributed by atoms with Crippen LogP contribution >= 0.6 is 0 Å². The van der Waals surface area contributed by atoms with E-state index >= 15 is 0 Å². The molecule has 2 N–H and O–H groups in total. The molecule has 0 radical (unpaired) electrons. The third kappa shape index (κ3) is 3.01. The van der Waals surface area contributed by atoms with Gasteiger partial charge in [0.05, 0.1) is 5.56 Å². The minimum Gasteiger partial charge on any atom is -0.348 e. The molecule has 3 nitrogen and oxygen atoms in total. The Morgan fingerprint density at radius 3 is 2.44 bits per heavy atom. The van der Waals surface area contributed by atoms with E-state index in [1.807, 2.05) is 0 Å². The Balaban J connectivity index is 2.02. The summed E-state index contributed by atoms with van der Waals surface area (Å²) < 4.78 is 37.0. The number of carbonyl (C=O) groups is 1. The molecule has 1 aromatic carbocycles. The van der Waals surface area contributed by atoms with Crippen LogP contribution < -0.4 is 10.6 Å². The summed E-state index contributed by atoms with van der Waals surface area (Å²) in [4.78, 5) is 11.7. The van der Waals surface area contributed by atoms with Crippen molar-refractivity contribution in [2.24, 2.45) is 0 Å². The van der Waals surface area contributed by atoms with Gasteiger partial charge in [-0.1, -0.05) is 0 Å². The standard InChI is InChI=1S/C12H13F3N2O/c13-12(14,15)9-3-1-8(2-4-9)11(18)17-10-5-6-16-7-10/h1-4,10,16H,5-7H2,(H,17,18)/t10-/m1/s1. The number of alkyl halides is 3. The first-order valence-electron chi connectivity index (χ1n) is 5.65. The maximum atomic E-state index is 12.3. The van der Waals surface area contributed by atoms with Crippen molar-refractivity contribution in [1.82, 2.24) is 10.6 Å². The largest absolute Gasteiger partial charge is 0.416 e. The molecule has 18 heavy (non-hydrogen) atoms. The van der Waals surface area contributed by atoms with Gasteiger partial charge in [0.1, 0.15) is 0 Å². The molecule has 1 amide bonds. The highest BCUT2D eigenvalue weighted by Crippen LogP contribution is 2.29. The molecule has 1 atom stereocenters. The van der Waals surface area contributed by atoms with Gasteiger partial charge >= 0.3 is 6.18 Å². The molecule has 1 saturated heterocycles. The van der Waals surface area contributed by atoms with E-state index in [2.05, 4.69) is 10.6 Å². The normalized spacial score (nSPS) is 19.8. The third-order valence-electron chi connectivity index (χ3n) is 2.87. The molecular formula is C12H13F3N2O. The van der Waals surface area contributed by atoms with Gasteiger partial charge in [-0.25, -0.2) is 0 Å². The van der Waals surface area contributed by atoms with E-state index in [0.29, 0.717) is 6.54 Å². The lowest BCUT2D eigenvalue weighted by atomic mass is 10.1. The zero-order valence-corrected chi connectivity index (χ0v) is 9.55. The summed E-state index contributed by atoms with van der Waals surface area (Å²) >= 11 is 0. The lowest BCUT2D eigenvalue weighted by Gasteiger charge is -2.12. The van der Waals surface area contributed by atoms with Crippen LogP contribution in [0.25, 0.3) is 0 Å². The van der Waals surface area contributed by atoms with Gasteiger partial charge in [0.2, 0.25) is 0 Å². The maximum Gasteiger partial charge on any atom is 0.416 e. The molecule has 1 aliphatic rings. The fourth-order valence-electron chi connectivity index (χ4n) is 1.86. The molecule has 0 aromatic heterocycles. The highest BCUT2D eigenvalue weighted by Gasteiger charge is 2.30. The van der Waals surface area contributed by atoms with Gasteiger partial charge in [-0.15, -0.1) is 0 Å². The van der Waals surface area contributed by atoms with Crippen molar-refractivity contribution in [3.63, 3.8) is 0 Å². The van der Waals surface area contributed by atoms with E-state index < -0.39 is 11.7 Å². The van der Waals surface area contributed by atoms with Gasteiger partial charge in [-0.2, -0.15) is 13.2 Å². The quantitative estimate of drug-likeness (QED) is 0.849. The van der Waals surface area contributed by atoms with E-state index in [-0.39, 0.29) is 17.5 Å². The fourth-order valence-corrected chi connectivity index (χ4v) is 1.86. The molecule has 6 heteroatoms. The predicted octanol–water partition coefficient (Wildman–Crippen LogP) is 1.80. The summed E-state index contributed by atoms with van der Waals surface area (Å²) in [6.45, 7) is 1.55. The second kappa shape index (κ2) is 4.97. The van der Waals surface area contributed by atoms with Gasteiger partial charge in [0.15, 0.2) is 0 Å². The minimum atomic E-state index is -4.37. The van der Waals surface area contributed by atoms with E-state index in [4.69, 9.17) is 0 Å². The predicted molar refractivity (Wildman–Crippen MR) is 60.2 cm³/mol. The number of nitrogens with one attached hydrogen (secondary N) is 2. The number of amides is 1. The summed E-state index contributed by atoms with van der Waals surface area (Å²) in [5, 5.41) is 5.87. The van der Waals surface area contributed by atoms with Crippen molar-refractivity contribution in [3.05, 3.63) is 35.4 Å². The molecular weight excluding hydrogens is 245 g/mol. The van der Waals surface area contributed by atoms with E-state index in [1.54, 1.807) is 0 Å². The Morgan fingerprint density at radius 2 is 1.94 bits per heavy atom. The van der Waals surface area contributed by atoms with Gasteiger partial charge in [-0.3, -0.25) is 4.79 Å². The van der Waals surface area contributed by atoms with Gasteiger partial charge in [0.25, 0.3) is 5.91 Å². The number of hydrogen-bond donors (Lipinski definition) is 2. The van der Waals surface area contributed by atoms with Crippen molar-refractivity contribution < 1.29 is 18.0 Å². The average molecular weight is 258 g/mol. The first-order valence-corrected chi connectivity index (χ1v) is 5.65. The molecule has 0 saturated carbocycles. The first-order chi connectivity index (χ1) is 8.47. The Morgan fingerprint density at radius 1 is 1.28 bits per heavy atom. The van der Waals surface area contributed by atoms with Crippen LogP contribution in [0.4, 0.5) is 13.2 Å². The summed E-state index contributed by atoms with van der Waals surface area (Å²) in [6, 6.07) is 4.28. The van der Waals surface area contributed by atoms with Crippen LogP contribution in [0.2, 0.25) is 0 Å². The molecule has 98 valence electrons. The number of benzene rings is 1. The smallest absolute Gasteiger partial charge is 0.348 e. The average Bonchev–Trinajstić information content (AvgIpc) is 2.81. The lowest BCUT2D eigenvalue weighted by molar-refractivity contribution is -0.137. The molecule has 2 rings (SSSR count). The maximum absolute atomic E-state index is 12.3. The summed E-state index contributed by atoms with van der Waals surface area (Å²) in [6.07, 6.45) is -3.53. The highest BCUT2D eigenvalue weighted by molar-refractivity contribution is 5.94. The second-order valence-electron chi connectivity index (χ2n) is 4.24. The van der Waals surface area contributed by atoms with Crippen molar-refractivity contribution in [2.45, 2.75) is 18.6 Å². The molecule has 0 bridgehead atoms. The Bertz CT molecular complexity index is 422. The van der Waals surface area contributed by atoms with Crippen LogP contribution in [-0.4, -0.2) is 25.0 Å². The lowest BCUT2D eigenvalue weighted by Crippen LogP contribution is -2.36. The van der Waals surface area contributed by atoms with Gasteiger partial charge in [0, 0.05) is 18.2 Å². The third-order valence-corrected chi connectivity index (χ3v) is 2.87. The molecule has 1 aromatic rings. The van der Waals surface area contributed by atoms with Crippen LogP contribution in [0.15, 0.2) is 24.3 Å². The van der Waals surface area contributed by atoms with Crippen molar-refractivity contribution in [1.29, 1.82) is 0 Å². The van der Waals surface area contributed by atoms with Crippen LogP contribution in [0.3, 0.4) is 0 Å². The topological polar surface area (TPSA) is 41.1 Å². The van der Waals surface area contributed by atoms with Gasteiger partial charge < -0.3 is 10.6 Å². The van der Waals surface area contributed by atoms with E-state index in [1.165, 1.54) is 12.1 Å². The van der Waals surface area contributed by atoms with Crippen LogP contribution in [0.1, 0.15) is 22.3 Å². The number of hydrogen-bond acceptors (Lipinski definition) is 2. The molecule has 1 aliphatic heterocycles. The Hall–Kier alpha value is -1.56. The van der Waals surface area contributed by atoms with Crippen molar-refractivity contribution in [2.75, 3.05) is 13.1 Å². The molecule has 1 heterocycles. The minimum absolute atomic E-state index is 0.0554. The first kappa shape index (κ1) is 12.9. The number of halogens is 3. The number of carbonyl (C=O) groups excluding carboxylic acids is 1. The number of rotatable bonds is 2. The van der Waals surface area contributed by atoms with Crippen LogP contribution in [0, 0.1) is 0 Å². The second-order valence-corrected chi connectivity index (χ2v) is 4.24. The zero-order valence-electron chi connectivity index (χ0n) is 9.55.